The maximum atomic E-state index is 12.0. The molecule has 0 saturated carbocycles. The number of aliphatic hydroxyl groups is 1. The Hall–Kier alpha value is -0.700. The van der Waals surface area contributed by atoms with Crippen LogP contribution in [0.3, 0.4) is 0 Å². The fourth-order valence-electron chi connectivity index (χ4n) is 2.56. The Balaban J connectivity index is 2.16. The minimum Gasteiger partial charge on any atom is -0.477 e. The van der Waals surface area contributed by atoms with E-state index in [9.17, 15) is 19.8 Å². The van der Waals surface area contributed by atoms with Crippen molar-refractivity contribution in [3.05, 3.63) is 10.6 Å². The first kappa shape index (κ1) is 16.7. The number of thioether (sulfide) groups is 2. The summed E-state index contributed by atoms with van der Waals surface area (Å²) < 4.78 is 0. The van der Waals surface area contributed by atoms with Gasteiger partial charge in [-0.25, -0.2) is 4.79 Å². The van der Waals surface area contributed by atoms with Crippen molar-refractivity contribution in [2.75, 3.05) is 11.5 Å². The second kappa shape index (κ2) is 6.60. The summed E-state index contributed by atoms with van der Waals surface area (Å²) in [6.45, 7) is 3.61. The van der Waals surface area contributed by atoms with Crippen LogP contribution in [0.25, 0.3) is 0 Å². The topological polar surface area (TPSA) is 104 Å². The van der Waals surface area contributed by atoms with E-state index in [1.165, 1.54) is 16.7 Å². The quantitative estimate of drug-likeness (QED) is 0.465. The van der Waals surface area contributed by atoms with Crippen LogP contribution in [0.2, 0.25) is 0 Å². The van der Waals surface area contributed by atoms with Crippen LogP contribution >= 0.6 is 23.5 Å². The highest BCUT2D eigenvalue weighted by atomic mass is 32.2. The molecule has 2 aliphatic rings. The van der Waals surface area contributed by atoms with Gasteiger partial charge in [-0.1, -0.05) is 18.7 Å². The van der Waals surface area contributed by atoms with Crippen molar-refractivity contribution >= 4 is 35.4 Å². The second-order valence-corrected chi connectivity index (χ2v) is 7.65. The molecule has 2 rings (SSSR count). The number of amides is 1. The van der Waals surface area contributed by atoms with Crippen LogP contribution in [0.4, 0.5) is 0 Å². The van der Waals surface area contributed by atoms with Crippen LogP contribution < -0.4 is 5.73 Å². The number of hydrogen-bond donors (Lipinski definition) is 3. The van der Waals surface area contributed by atoms with Crippen LogP contribution in [-0.2, 0) is 9.59 Å². The molecule has 6 nitrogen and oxygen atoms in total. The number of β-lactam (4-membered cyclic amide) rings is 1. The number of rotatable bonds is 7. The molecule has 0 aromatic heterocycles. The van der Waals surface area contributed by atoms with Crippen LogP contribution in [0, 0.1) is 5.92 Å². The lowest BCUT2D eigenvalue weighted by Gasteiger charge is -2.43. The lowest BCUT2D eigenvalue weighted by atomic mass is 9.92. The van der Waals surface area contributed by atoms with Crippen molar-refractivity contribution in [2.45, 2.75) is 37.8 Å². The number of carbonyl (C=O) groups is 2. The van der Waals surface area contributed by atoms with Gasteiger partial charge in [0, 0.05) is 10.9 Å². The number of carbonyl (C=O) groups excluding carboxylic acids is 1. The standard InChI is InChI=1S/C13H20N2O4S2/c1-3-20-5-4-7(14)10-9(13(18)19)15-11(17)8(6(2)16)12(15)21-10/h6-8,12,16H,3-5,14H2,1-2H3,(H,18,19)/t6?,7-,8+,12-/m1/s1. The molecule has 118 valence electrons. The van der Waals surface area contributed by atoms with Gasteiger partial charge in [0.25, 0.3) is 0 Å². The molecule has 0 aromatic rings. The highest BCUT2D eigenvalue weighted by molar-refractivity contribution is 8.04. The van der Waals surface area contributed by atoms with Crippen molar-refractivity contribution in [2.24, 2.45) is 11.7 Å². The number of carboxylic acid groups (broad SMARTS) is 1. The van der Waals surface area contributed by atoms with Crippen molar-refractivity contribution in [1.29, 1.82) is 0 Å². The van der Waals surface area contributed by atoms with Crippen LogP contribution in [-0.4, -0.2) is 56.0 Å². The van der Waals surface area contributed by atoms with Gasteiger partial charge in [0.05, 0.1) is 12.0 Å². The van der Waals surface area contributed by atoms with E-state index in [1.54, 1.807) is 18.7 Å². The van der Waals surface area contributed by atoms with Gasteiger partial charge >= 0.3 is 5.97 Å². The van der Waals surface area contributed by atoms with E-state index in [0.717, 1.165) is 11.5 Å². The van der Waals surface area contributed by atoms with Crippen molar-refractivity contribution < 1.29 is 19.8 Å². The first-order valence-corrected chi connectivity index (χ1v) is 8.92. The van der Waals surface area contributed by atoms with Gasteiger partial charge in [0.2, 0.25) is 5.91 Å². The third-order valence-electron chi connectivity index (χ3n) is 3.64. The SMILES string of the molecule is CCSCC[C@@H](N)C1=C(C(=O)O)N2C(=O)[C@H](C(C)O)[C@H]2S1. The lowest BCUT2D eigenvalue weighted by molar-refractivity contribution is -0.156. The van der Waals surface area contributed by atoms with Gasteiger partial charge in [-0.15, -0.1) is 0 Å². The van der Waals surface area contributed by atoms with Crippen molar-refractivity contribution in [3.8, 4) is 0 Å². The molecule has 0 aromatic carbocycles. The molecule has 2 heterocycles. The first-order valence-electron chi connectivity index (χ1n) is 6.88. The summed E-state index contributed by atoms with van der Waals surface area (Å²) in [6.07, 6.45) is -0.112. The normalized spacial score (nSPS) is 27.4. The monoisotopic (exact) mass is 332 g/mol. The Labute approximate surface area is 132 Å². The molecule has 4 N–H and O–H groups in total. The zero-order valence-electron chi connectivity index (χ0n) is 12.0. The highest BCUT2D eigenvalue weighted by Gasteiger charge is 2.58. The van der Waals surface area contributed by atoms with E-state index in [0.29, 0.717) is 11.3 Å². The number of hydrogen-bond acceptors (Lipinski definition) is 6. The molecule has 8 heteroatoms. The molecule has 1 amide bonds. The number of nitrogens with zero attached hydrogens (tertiary/aromatic N) is 1. The molecular formula is C13H20N2O4S2. The van der Waals surface area contributed by atoms with Gasteiger partial charge in [-0.3, -0.25) is 9.69 Å². The fourth-order valence-corrected chi connectivity index (χ4v) is 4.92. The maximum Gasteiger partial charge on any atom is 0.353 e. The summed E-state index contributed by atoms with van der Waals surface area (Å²) in [5.74, 6) is -0.158. The highest BCUT2D eigenvalue weighted by Crippen LogP contribution is 2.51. The van der Waals surface area contributed by atoms with Crippen LogP contribution in [0.15, 0.2) is 10.6 Å². The van der Waals surface area contributed by atoms with E-state index in [2.05, 4.69) is 6.92 Å². The maximum absolute atomic E-state index is 12.0. The number of nitrogens with two attached hydrogens (primary N) is 1. The van der Waals surface area contributed by atoms with Gasteiger partial charge < -0.3 is 15.9 Å². The van der Waals surface area contributed by atoms with E-state index in [-0.39, 0.29) is 23.0 Å². The van der Waals surface area contributed by atoms with E-state index < -0.39 is 18.0 Å². The van der Waals surface area contributed by atoms with E-state index >= 15 is 0 Å². The third kappa shape index (κ3) is 2.94. The van der Waals surface area contributed by atoms with Gasteiger partial charge in [-0.05, 0) is 24.9 Å². The minimum absolute atomic E-state index is 0.000832. The summed E-state index contributed by atoms with van der Waals surface area (Å²) in [7, 11) is 0. The Morgan fingerprint density at radius 3 is 2.76 bits per heavy atom. The summed E-state index contributed by atoms with van der Waals surface area (Å²) in [4.78, 5) is 25.3. The molecule has 0 aliphatic carbocycles. The summed E-state index contributed by atoms with van der Waals surface area (Å²) >= 11 is 3.06. The van der Waals surface area contributed by atoms with Gasteiger partial charge in [0.1, 0.15) is 11.1 Å². The zero-order valence-corrected chi connectivity index (χ0v) is 13.6. The number of aliphatic carboxylic acids is 1. The number of carboxylic acids is 1. The first-order chi connectivity index (χ1) is 9.90. The average molecular weight is 332 g/mol. The smallest absolute Gasteiger partial charge is 0.353 e. The molecule has 0 radical (unpaired) electrons. The minimum atomic E-state index is -1.13. The predicted octanol–water partition coefficient (Wildman–Crippen LogP) is 0.665. The molecule has 0 spiro atoms. The van der Waals surface area contributed by atoms with Gasteiger partial charge in [0.15, 0.2) is 0 Å². The Morgan fingerprint density at radius 1 is 1.57 bits per heavy atom. The fraction of sp³-hybridized carbons (Fsp3) is 0.692. The average Bonchev–Trinajstić information content (AvgIpc) is 2.73. The number of fused-ring (bicyclic) bond motifs is 1. The van der Waals surface area contributed by atoms with Gasteiger partial charge in [-0.2, -0.15) is 11.8 Å². The van der Waals surface area contributed by atoms with Crippen molar-refractivity contribution in [1.82, 2.24) is 4.90 Å². The molecule has 4 atom stereocenters. The predicted molar refractivity (Wildman–Crippen MR) is 83.6 cm³/mol. The Kier molecular flexibility index (Phi) is 5.24. The van der Waals surface area contributed by atoms with E-state index in [1.807, 2.05) is 0 Å². The molecular weight excluding hydrogens is 312 g/mol. The molecule has 0 bridgehead atoms. The largest absolute Gasteiger partial charge is 0.477 e. The summed E-state index contributed by atoms with van der Waals surface area (Å²) in [6, 6.07) is -0.381. The Morgan fingerprint density at radius 2 is 2.24 bits per heavy atom. The molecule has 1 unspecified atom stereocenters. The number of aliphatic hydroxyl groups excluding tert-OH is 1. The second-order valence-electron chi connectivity index (χ2n) is 5.09. The van der Waals surface area contributed by atoms with Crippen LogP contribution in [0.5, 0.6) is 0 Å². The van der Waals surface area contributed by atoms with Crippen molar-refractivity contribution in [3.63, 3.8) is 0 Å². The Bertz CT molecular complexity index is 481. The zero-order chi connectivity index (χ0) is 15.7. The molecule has 2 aliphatic heterocycles. The summed E-state index contributed by atoms with van der Waals surface area (Å²) in [5, 5.41) is 18.7. The molecule has 1 fully saturated rings. The van der Waals surface area contributed by atoms with Crippen LogP contribution in [0.1, 0.15) is 20.3 Å². The lowest BCUT2D eigenvalue weighted by Crippen LogP contribution is -2.60. The molecule has 1 saturated heterocycles. The van der Waals surface area contributed by atoms with E-state index in [4.69, 9.17) is 5.73 Å². The molecule has 21 heavy (non-hydrogen) atoms. The summed E-state index contributed by atoms with van der Waals surface area (Å²) in [5.41, 5.74) is 6.11. The third-order valence-corrected chi connectivity index (χ3v) is 6.07.